The van der Waals surface area contributed by atoms with Crippen LogP contribution in [0.25, 0.3) is 11.0 Å². The van der Waals surface area contributed by atoms with Crippen molar-refractivity contribution >= 4 is 17.4 Å². The molecule has 1 aromatic heterocycles. The van der Waals surface area contributed by atoms with Gasteiger partial charge in [0.25, 0.3) is 0 Å². The van der Waals surface area contributed by atoms with E-state index in [0.717, 1.165) is 16.9 Å². The van der Waals surface area contributed by atoms with Gasteiger partial charge in [-0.2, -0.15) is 0 Å². The van der Waals surface area contributed by atoms with Crippen LogP contribution in [0.2, 0.25) is 0 Å². The minimum absolute atomic E-state index is 0.111. The van der Waals surface area contributed by atoms with Crippen LogP contribution in [0.15, 0.2) is 36.9 Å². The molecule has 1 heterocycles. The number of fused-ring (bicyclic) bond motifs is 1. The monoisotopic (exact) mass is 229 g/mol. The SMILES string of the molecule is C=CCn1c([C@@H](C)NC=O)nc2ccccc21. The van der Waals surface area contributed by atoms with E-state index in [4.69, 9.17) is 0 Å². The molecule has 17 heavy (non-hydrogen) atoms. The van der Waals surface area contributed by atoms with Crippen LogP contribution in [0, 0.1) is 0 Å². The average Bonchev–Trinajstić information content (AvgIpc) is 2.70. The molecule has 1 amide bonds. The Bertz CT molecular complexity index is 545. The van der Waals surface area contributed by atoms with E-state index in [2.05, 4.69) is 21.4 Å². The highest BCUT2D eigenvalue weighted by Gasteiger charge is 2.14. The summed E-state index contributed by atoms with van der Waals surface area (Å²) in [5, 5.41) is 2.72. The fourth-order valence-electron chi connectivity index (χ4n) is 1.92. The molecule has 0 fully saturated rings. The quantitative estimate of drug-likeness (QED) is 0.630. The summed E-state index contributed by atoms with van der Waals surface area (Å²) >= 11 is 0. The Kier molecular flexibility index (Phi) is 3.23. The number of amides is 1. The molecule has 0 unspecified atom stereocenters. The molecule has 0 aliphatic carbocycles. The molecule has 1 aromatic carbocycles. The first-order valence-corrected chi connectivity index (χ1v) is 5.53. The van der Waals surface area contributed by atoms with Gasteiger partial charge in [0.1, 0.15) is 5.82 Å². The Hall–Kier alpha value is -2.10. The third-order valence-corrected chi connectivity index (χ3v) is 2.70. The molecule has 0 radical (unpaired) electrons. The van der Waals surface area contributed by atoms with Crippen LogP contribution in [0.4, 0.5) is 0 Å². The van der Waals surface area contributed by atoms with Crippen LogP contribution in [0.3, 0.4) is 0 Å². The number of rotatable bonds is 5. The maximum absolute atomic E-state index is 10.5. The standard InChI is InChI=1S/C13H15N3O/c1-3-8-16-12-7-5-4-6-11(12)15-13(16)10(2)14-9-17/h3-7,9-10H,1,8H2,2H3,(H,14,17)/t10-/m1/s1. The van der Waals surface area contributed by atoms with Crippen LogP contribution in [0.5, 0.6) is 0 Å². The number of imidazole rings is 1. The molecule has 4 heteroatoms. The Morgan fingerprint density at radius 2 is 2.29 bits per heavy atom. The Morgan fingerprint density at radius 1 is 1.53 bits per heavy atom. The van der Waals surface area contributed by atoms with E-state index in [9.17, 15) is 4.79 Å². The van der Waals surface area contributed by atoms with Gasteiger partial charge < -0.3 is 9.88 Å². The number of allylic oxidation sites excluding steroid dienone is 1. The van der Waals surface area contributed by atoms with E-state index < -0.39 is 0 Å². The topological polar surface area (TPSA) is 46.9 Å². The van der Waals surface area contributed by atoms with Crippen LogP contribution in [-0.2, 0) is 11.3 Å². The van der Waals surface area contributed by atoms with Gasteiger partial charge in [-0.1, -0.05) is 18.2 Å². The van der Waals surface area contributed by atoms with Gasteiger partial charge in [0, 0.05) is 6.54 Å². The van der Waals surface area contributed by atoms with Gasteiger partial charge in [-0.05, 0) is 19.1 Å². The molecular weight excluding hydrogens is 214 g/mol. The first kappa shape index (κ1) is 11.4. The zero-order valence-electron chi connectivity index (χ0n) is 9.76. The number of aromatic nitrogens is 2. The first-order valence-electron chi connectivity index (χ1n) is 5.53. The summed E-state index contributed by atoms with van der Waals surface area (Å²) in [6.07, 6.45) is 2.52. The number of nitrogens with one attached hydrogen (secondary N) is 1. The van der Waals surface area contributed by atoms with E-state index in [0.29, 0.717) is 13.0 Å². The molecule has 0 aliphatic heterocycles. The largest absolute Gasteiger partial charge is 0.349 e. The summed E-state index contributed by atoms with van der Waals surface area (Å²) in [5.41, 5.74) is 1.99. The zero-order valence-corrected chi connectivity index (χ0v) is 9.76. The minimum atomic E-state index is -0.111. The fraction of sp³-hybridized carbons (Fsp3) is 0.231. The molecule has 88 valence electrons. The lowest BCUT2D eigenvalue weighted by atomic mass is 10.3. The molecule has 0 aliphatic rings. The highest BCUT2D eigenvalue weighted by atomic mass is 16.1. The number of carbonyl (C=O) groups is 1. The summed E-state index contributed by atoms with van der Waals surface area (Å²) in [4.78, 5) is 15.0. The molecule has 1 N–H and O–H groups in total. The van der Waals surface area contributed by atoms with Crippen molar-refractivity contribution in [2.45, 2.75) is 19.5 Å². The number of hydrogen-bond acceptors (Lipinski definition) is 2. The van der Waals surface area contributed by atoms with Gasteiger partial charge in [-0.25, -0.2) is 4.98 Å². The van der Waals surface area contributed by atoms with Crippen molar-refractivity contribution in [2.24, 2.45) is 0 Å². The summed E-state index contributed by atoms with van der Waals surface area (Å²) in [6, 6.07) is 7.80. The number of carbonyl (C=O) groups excluding carboxylic acids is 1. The molecule has 0 saturated carbocycles. The number of nitrogens with zero attached hydrogens (tertiary/aromatic N) is 2. The van der Waals surface area contributed by atoms with E-state index in [-0.39, 0.29) is 6.04 Å². The third-order valence-electron chi connectivity index (χ3n) is 2.70. The summed E-state index contributed by atoms with van der Waals surface area (Å²) < 4.78 is 2.06. The Labute approximate surface area is 100.0 Å². The highest BCUT2D eigenvalue weighted by molar-refractivity contribution is 5.76. The van der Waals surface area contributed by atoms with Gasteiger partial charge in [-0.3, -0.25) is 4.79 Å². The van der Waals surface area contributed by atoms with Crippen molar-refractivity contribution in [3.05, 3.63) is 42.7 Å². The fourth-order valence-corrected chi connectivity index (χ4v) is 1.92. The second-order valence-corrected chi connectivity index (χ2v) is 3.86. The maximum atomic E-state index is 10.5. The lowest BCUT2D eigenvalue weighted by Crippen LogP contribution is -2.20. The van der Waals surface area contributed by atoms with Gasteiger partial charge in [0.15, 0.2) is 0 Å². The van der Waals surface area contributed by atoms with Gasteiger partial charge >= 0.3 is 0 Å². The van der Waals surface area contributed by atoms with Crippen LogP contribution < -0.4 is 5.32 Å². The van der Waals surface area contributed by atoms with E-state index in [1.807, 2.05) is 37.3 Å². The van der Waals surface area contributed by atoms with Crippen molar-refractivity contribution in [1.82, 2.24) is 14.9 Å². The molecule has 0 saturated heterocycles. The zero-order chi connectivity index (χ0) is 12.3. The van der Waals surface area contributed by atoms with E-state index in [1.54, 1.807) is 0 Å². The van der Waals surface area contributed by atoms with Crippen molar-refractivity contribution < 1.29 is 4.79 Å². The smallest absolute Gasteiger partial charge is 0.207 e. The second-order valence-electron chi connectivity index (χ2n) is 3.86. The summed E-state index contributed by atoms with van der Waals surface area (Å²) in [7, 11) is 0. The Balaban J connectivity index is 2.56. The average molecular weight is 229 g/mol. The predicted molar refractivity (Wildman–Crippen MR) is 67.5 cm³/mol. The van der Waals surface area contributed by atoms with Crippen LogP contribution in [-0.4, -0.2) is 16.0 Å². The first-order chi connectivity index (χ1) is 8.27. The van der Waals surface area contributed by atoms with Gasteiger partial charge in [-0.15, -0.1) is 6.58 Å². The predicted octanol–water partition coefficient (Wildman–Crippen LogP) is 2.03. The van der Waals surface area contributed by atoms with Crippen molar-refractivity contribution in [1.29, 1.82) is 0 Å². The van der Waals surface area contributed by atoms with Gasteiger partial charge in [0.2, 0.25) is 6.41 Å². The minimum Gasteiger partial charge on any atom is -0.349 e. The molecule has 4 nitrogen and oxygen atoms in total. The van der Waals surface area contributed by atoms with E-state index in [1.165, 1.54) is 0 Å². The third kappa shape index (κ3) is 2.06. The number of benzene rings is 1. The molecule has 1 atom stereocenters. The number of hydrogen-bond donors (Lipinski definition) is 1. The van der Waals surface area contributed by atoms with Crippen molar-refractivity contribution in [3.63, 3.8) is 0 Å². The molecule has 2 aromatic rings. The molecular formula is C13H15N3O. The molecule has 0 bridgehead atoms. The summed E-state index contributed by atoms with van der Waals surface area (Å²) in [5.74, 6) is 0.846. The molecule has 2 rings (SSSR count). The number of para-hydroxylation sites is 2. The van der Waals surface area contributed by atoms with Crippen LogP contribution in [0.1, 0.15) is 18.8 Å². The second kappa shape index (κ2) is 4.82. The highest BCUT2D eigenvalue weighted by Crippen LogP contribution is 2.20. The van der Waals surface area contributed by atoms with Crippen LogP contribution >= 0.6 is 0 Å². The normalized spacial score (nSPS) is 12.3. The van der Waals surface area contributed by atoms with Gasteiger partial charge in [0.05, 0.1) is 17.1 Å². The van der Waals surface area contributed by atoms with Crippen molar-refractivity contribution in [3.8, 4) is 0 Å². The lowest BCUT2D eigenvalue weighted by Gasteiger charge is -2.12. The molecule has 0 spiro atoms. The maximum Gasteiger partial charge on any atom is 0.207 e. The van der Waals surface area contributed by atoms with E-state index >= 15 is 0 Å². The van der Waals surface area contributed by atoms with Crippen molar-refractivity contribution in [2.75, 3.05) is 0 Å². The lowest BCUT2D eigenvalue weighted by molar-refractivity contribution is -0.110. The Morgan fingerprint density at radius 3 is 3.00 bits per heavy atom. The summed E-state index contributed by atoms with van der Waals surface area (Å²) in [6.45, 7) is 6.34.